The Bertz CT molecular complexity index is 1680. The highest BCUT2D eigenvalue weighted by Crippen LogP contribution is 2.65. The fourth-order valence-corrected chi connectivity index (χ4v) is 5.41. The zero-order valence-corrected chi connectivity index (χ0v) is 24.1. The third-order valence-electron chi connectivity index (χ3n) is 6.30. The van der Waals surface area contributed by atoms with Crippen molar-refractivity contribution < 1.29 is 49.5 Å². The number of benzene rings is 3. The third-order valence-corrected chi connectivity index (χ3v) is 7.90. The number of rotatable bonds is 6. The number of hydrogen-bond donors (Lipinski definition) is 3. The summed E-state index contributed by atoms with van der Waals surface area (Å²) in [6.45, 7) is 0. The van der Waals surface area contributed by atoms with E-state index < -0.39 is 85.4 Å². The van der Waals surface area contributed by atoms with Crippen molar-refractivity contribution in [2.24, 2.45) is 5.92 Å². The summed E-state index contributed by atoms with van der Waals surface area (Å²) >= 11 is 24.1. The Labute approximate surface area is 261 Å². The van der Waals surface area contributed by atoms with Crippen molar-refractivity contribution in [3.05, 3.63) is 86.9 Å². The zero-order chi connectivity index (χ0) is 32.9. The fraction of sp³-hybridized carbons (Fsp3) is 0.192. The SMILES string of the molecule is O=C(Nc1ccc(F)c(NC(=O)C(F)(F)F)c1F)c1cc(NC(=O)C2[C@H](c3ccc(Cl)c(C(F)(F)F)c3)C2(Cl)Cl)ccc1Cl. The van der Waals surface area contributed by atoms with Gasteiger partial charge >= 0.3 is 18.3 Å². The number of nitrogens with one attached hydrogen (secondary N) is 3. The van der Waals surface area contributed by atoms with E-state index in [-0.39, 0.29) is 16.3 Å². The molecule has 0 heterocycles. The van der Waals surface area contributed by atoms with Gasteiger partial charge in [-0.1, -0.05) is 29.3 Å². The van der Waals surface area contributed by atoms with Crippen LogP contribution >= 0.6 is 46.4 Å². The van der Waals surface area contributed by atoms with E-state index in [1.54, 1.807) is 0 Å². The lowest BCUT2D eigenvalue weighted by molar-refractivity contribution is -0.167. The van der Waals surface area contributed by atoms with Crippen LogP contribution in [0.1, 0.15) is 27.4 Å². The molecule has 18 heteroatoms. The van der Waals surface area contributed by atoms with E-state index in [0.29, 0.717) is 12.1 Å². The summed E-state index contributed by atoms with van der Waals surface area (Å²) in [7, 11) is 0. The van der Waals surface area contributed by atoms with E-state index >= 15 is 0 Å². The number of carbonyl (C=O) groups excluding carboxylic acids is 3. The highest BCUT2D eigenvalue weighted by Gasteiger charge is 2.67. The van der Waals surface area contributed by atoms with E-state index in [4.69, 9.17) is 46.4 Å². The molecule has 3 aromatic rings. The first kappa shape index (κ1) is 33.6. The maximum atomic E-state index is 14.7. The Morgan fingerprint density at radius 3 is 2.05 bits per heavy atom. The molecule has 1 aliphatic carbocycles. The molecule has 0 radical (unpaired) electrons. The molecule has 44 heavy (non-hydrogen) atoms. The summed E-state index contributed by atoms with van der Waals surface area (Å²) in [5.74, 6) is -10.3. The summed E-state index contributed by atoms with van der Waals surface area (Å²) in [5.41, 5.74) is -4.00. The molecule has 6 nitrogen and oxygen atoms in total. The van der Waals surface area contributed by atoms with Crippen molar-refractivity contribution >= 4 is 81.2 Å². The smallest absolute Gasteiger partial charge is 0.326 e. The molecule has 0 aromatic heterocycles. The van der Waals surface area contributed by atoms with Crippen LogP contribution in [0.2, 0.25) is 10.0 Å². The lowest BCUT2D eigenvalue weighted by Gasteiger charge is -2.14. The van der Waals surface area contributed by atoms with Gasteiger partial charge in [0.25, 0.3) is 5.91 Å². The van der Waals surface area contributed by atoms with Gasteiger partial charge in [-0.2, -0.15) is 26.3 Å². The van der Waals surface area contributed by atoms with Crippen molar-refractivity contribution in [1.82, 2.24) is 0 Å². The number of carbonyl (C=O) groups is 3. The lowest BCUT2D eigenvalue weighted by Crippen LogP contribution is -2.31. The van der Waals surface area contributed by atoms with Crippen molar-refractivity contribution in [2.75, 3.05) is 16.0 Å². The van der Waals surface area contributed by atoms with Gasteiger partial charge in [-0.15, -0.1) is 23.2 Å². The molecule has 0 aliphatic heterocycles. The van der Waals surface area contributed by atoms with Gasteiger partial charge in [0, 0.05) is 11.6 Å². The van der Waals surface area contributed by atoms with Crippen molar-refractivity contribution in [1.29, 1.82) is 0 Å². The van der Waals surface area contributed by atoms with Crippen molar-refractivity contribution in [2.45, 2.75) is 22.6 Å². The Balaban J connectivity index is 1.53. The minimum atomic E-state index is -5.47. The van der Waals surface area contributed by atoms with E-state index in [9.17, 15) is 49.5 Å². The van der Waals surface area contributed by atoms with E-state index in [1.165, 1.54) is 12.1 Å². The number of hydrogen-bond acceptors (Lipinski definition) is 3. The molecule has 0 bridgehead atoms. The first-order valence-electron chi connectivity index (χ1n) is 11.8. The molecular formula is C26H13Cl4F8N3O3. The zero-order valence-electron chi connectivity index (χ0n) is 21.0. The minimum Gasteiger partial charge on any atom is -0.326 e. The van der Waals surface area contributed by atoms with Crippen LogP contribution in [-0.4, -0.2) is 28.2 Å². The molecule has 234 valence electrons. The molecule has 3 amide bonds. The first-order valence-corrected chi connectivity index (χ1v) is 13.3. The summed E-state index contributed by atoms with van der Waals surface area (Å²) in [5, 5.41) is 4.58. The standard InChI is InChI=1S/C26H13Cl4F8N3O3/c27-13-4-2-10(39-22(43)18-17(24(18,29)30)9-1-3-14(28)12(7-9)25(33,34)35)8-11(13)21(42)40-16-6-5-15(31)20(19(16)32)41-23(44)26(36,37)38/h1-8,17-18H,(H,39,43)(H,40,42)(H,41,44)/t17-,18?/m0/s1. The van der Waals surface area contributed by atoms with Gasteiger partial charge in [-0.05, 0) is 48.0 Å². The molecule has 3 N–H and O–H groups in total. The Morgan fingerprint density at radius 1 is 0.795 bits per heavy atom. The highest BCUT2D eigenvalue weighted by atomic mass is 35.5. The van der Waals surface area contributed by atoms with Gasteiger partial charge in [-0.25, -0.2) is 8.78 Å². The minimum absolute atomic E-state index is 0.0184. The molecular weight excluding hydrogens is 696 g/mol. The normalized spacial score (nSPS) is 17.5. The maximum absolute atomic E-state index is 14.7. The molecule has 1 unspecified atom stereocenters. The average Bonchev–Trinajstić information content (AvgIpc) is 3.49. The number of halogens is 12. The molecule has 1 fully saturated rings. The number of alkyl halides is 8. The van der Waals surface area contributed by atoms with E-state index in [2.05, 4.69) is 5.32 Å². The van der Waals surface area contributed by atoms with Crippen molar-refractivity contribution in [3.8, 4) is 0 Å². The Morgan fingerprint density at radius 2 is 1.43 bits per heavy atom. The first-order chi connectivity index (χ1) is 20.2. The summed E-state index contributed by atoms with van der Waals surface area (Å²) < 4.78 is 104. The van der Waals surface area contributed by atoms with Crippen LogP contribution in [0.4, 0.5) is 52.2 Å². The second kappa shape index (κ2) is 11.9. The van der Waals surface area contributed by atoms with E-state index in [0.717, 1.165) is 29.6 Å². The summed E-state index contributed by atoms with van der Waals surface area (Å²) in [4.78, 5) is 37.0. The fourth-order valence-electron chi connectivity index (χ4n) is 4.16. The van der Waals surface area contributed by atoms with Crippen LogP contribution in [0.15, 0.2) is 48.5 Å². The van der Waals surface area contributed by atoms with Crippen LogP contribution in [0.25, 0.3) is 0 Å². The summed E-state index contributed by atoms with van der Waals surface area (Å²) in [6, 6.07) is 7.46. The van der Waals surface area contributed by atoms with Crippen LogP contribution in [0.5, 0.6) is 0 Å². The van der Waals surface area contributed by atoms with Crippen LogP contribution in [-0.2, 0) is 15.8 Å². The molecule has 0 spiro atoms. The second-order valence-corrected chi connectivity index (χ2v) is 11.5. The van der Waals surface area contributed by atoms with Gasteiger partial charge in [0.2, 0.25) is 5.91 Å². The third kappa shape index (κ3) is 6.82. The largest absolute Gasteiger partial charge is 0.471 e. The molecule has 3 aromatic carbocycles. The number of anilines is 3. The molecule has 1 saturated carbocycles. The van der Waals surface area contributed by atoms with Gasteiger partial charge in [-0.3, -0.25) is 14.4 Å². The van der Waals surface area contributed by atoms with Crippen LogP contribution in [0.3, 0.4) is 0 Å². The monoisotopic (exact) mass is 707 g/mol. The Kier molecular flexibility index (Phi) is 9.06. The van der Waals surface area contributed by atoms with Gasteiger partial charge in [0.15, 0.2) is 5.82 Å². The highest BCUT2D eigenvalue weighted by molar-refractivity contribution is 6.53. The van der Waals surface area contributed by atoms with E-state index in [1.807, 2.05) is 5.32 Å². The average molecular weight is 709 g/mol. The van der Waals surface area contributed by atoms with Crippen LogP contribution in [0, 0.1) is 17.6 Å². The predicted molar refractivity (Wildman–Crippen MR) is 146 cm³/mol. The van der Waals surface area contributed by atoms with Crippen LogP contribution < -0.4 is 16.0 Å². The lowest BCUT2D eigenvalue weighted by atomic mass is 10.0. The molecule has 2 atom stereocenters. The van der Waals surface area contributed by atoms with Gasteiger partial charge in [0.1, 0.15) is 15.8 Å². The number of amides is 3. The van der Waals surface area contributed by atoms with Crippen molar-refractivity contribution in [3.63, 3.8) is 0 Å². The quantitative estimate of drug-likeness (QED) is 0.177. The van der Waals surface area contributed by atoms with Gasteiger partial charge in [0.05, 0.1) is 32.8 Å². The molecule has 4 rings (SSSR count). The maximum Gasteiger partial charge on any atom is 0.471 e. The topological polar surface area (TPSA) is 87.3 Å². The molecule has 1 aliphatic rings. The van der Waals surface area contributed by atoms with Gasteiger partial charge < -0.3 is 16.0 Å². The summed E-state index contributed by atoms with van der Waals surface area (Å²) in [6.07, 6.45) is -10.3. The second-order valence-electron chi connectivity index (χ2n) is 9.24. The predicted octanol–water partition coefficient (Wildman–Crippen LogP) is 8.57. The molecule has 0 saturated heterocycles. The Hall–Kier alpha value is -3.33.